The minimum absolute atomic E-state index is 0.0280. The third kappa shape index (κ3) is 6.66. The van der Waals surface area contributed by atoms with Crippen molar-refractivity contribution in [2.45, 2.75) is 33.6 Å². The number of carbonyl (C=O) groups is 1. The molecular formula is C16H34N4O. The third-order valence-corrected chi connectivity index (χ3v) is 4.31. The molecule has 0 aromatic carbocycles. The summed E-state index contributed by atoms with van der Waals surface area (Å²) >= 11 is 0. The molecule has 1 rings (SSSR count). The first-order chi connectivity index (χ1) is 9.87. The number of nitrogens with zero attached hydrogens (tertiary/aromatic N) is 2. The molecule has 1 fully saturated rings. The number of amides is 2. The van der Waals surface area contributed by atoms with Crippen LogP contribution in [0.1, 0.15) is 33.6 Å². The van der Waals surface area contributed by atoms with Gasteiger partial charge in [0.05, 0.1) is 0 Å². The van der Waals surface area contributed by atoms with Crippen LogP contribution in [0.25, 0.3) is 0 Å². The minimum Gasteiger partial charge on any atom is -0.338 e. The monoisotopic (exact) mass is 298 g/mol. The second kappa shape index (κ2) is 8.59. The van der Waals surface area contributed by atoms with Gasteiger partial charge in [0, 0.05) is 25.0 Å². The molecule has 0 aliphatic carbocycles. The van der Waals surface area contributed by atoms with Gasteiger partial charge < -0.3 is 20.4 Å². The fourth-order valence-corrected chi connectivity index (χ4v) is 3.03. The molecule has 124 valence electrons. The van der Waals surface area contributed by atoms with Crippen LogP contribution < -0.4 is 10.6 Å². The maximum Gasteiger partial charge on any atom is 0.314 e. The summed E-state index contributed by atoms with van der Waals surface area (Å²) in [5.41, 5.74) is 0.213. The molecule has 5 nitrogen and oxygen atoms in total. The Morgan fingerprint density at radius 3 is 2.33 bits per heavy atom. The van der Waals surface area contributed by atoms with E-state index in [1.54, 1.807) is 0 Å². The first-order valence-corrected chi connectivity index (χ1v) is 8.25. The quantitative estimate of drug-likeness (QED) is 0.750. The van der Waals surface area contributed by atoms with Crippen LogP contribution in [0, 0.1) is 11.3 Å². The van der Waals surface area contributed by atoms with Gasteiger partial charge in [-0.2, -0.15) is 0 Å². The number of urea groups is 1. The summed E-state index contributed by atoms with van der Waals surface area (Å²) in [5, 5.41) is 6.03. The van der Waals surface area contributed by atoms with E-state index in [1.165, 1.54) is 0 Å². The predicted molar refractivity (Wildman–Crippen MR) is 88.6 cm³/mol. The predicted octanol–water partition coefficient (Wildman–Crippen LogP) is 1.61. The second-order valence-corrected chi connectivity index (χ2v) is 7.13. The molecule has 0 unspecified atom stereocenters. The zero-order valence-corrected chi connectivity index (χ0v) is 14.5. The van der Waals surface area contributed by atoms with E-state index in [-0.39, 0.29) is 11.4 Å². The van der Waals surface area contributed by atoms with Crippen LogP contribution in [0.15, 0.2) is 0 Å². The molecule has 0 saturated carbocycles. The van der Waals surface area contributed by atoms with E-state index in [2.05, 4.69) is 55.3 Å². The van der Waals surface area contributed by atoms with Gasteiger partial charge in [-0.05, 0) is 52.5 Å². The highest BCUT2D eigenvalue weighted by Gasteiger charge is 2.35. The molecule has 1 aliphatic heterocycles. The number of rotatable bonds is 7. The molecule has 1 heterocycles. The van der Waals surface area contributed by atoms with Crippen molar-refractivity contribution in [1.82, 2.24) is 20.4 Å². The van der Waals surface area contributed by atoms with Gasteiger partial charge in [0.25, 0.3) is 0 Å². The zero-order valence-electron chi connectivity index (χ0n) is 14.5. The van der Waals surface area contributed by atoms with Crippen LogP contribution in [0.2, 0.25) is 0 Å². The Morgan fingerprint density at radius 2 is 1.86 bits per heavy atom. The summed E-state index contributed by atoms with van der Waals surface area (Å²) in [7, 11) is 4.24. The number of carbonyl (C=O) groups excluding carboxylic acids is 1. The Balaban J connectivity index is 2.49. The van der Waals surface area contributed by atoms with Crippen LogP contribution in [-0.2, 0) is 0 Å². The molecule has 1 saturated heterocycles. The van der Waals surface area contributed by atoms with Crippen LogP contribution in [0.4, 0.5) is 4.79 Å². The summed E-state index contributed by atoms with van der Waals surface area (Å²) in [6, 6.07) is -0.0280. The molecule has 0 aromatic heterocycles. The van der Waals surface area contributed by atoms with Crippen molar-refractivity contribution in [3.8, 4) is 0 Å². The second-order valence-electron chi connectivity index (χ2n) is 7.13. The van der Waals surface area contributed by atoms with Crippen molar-refractivity contribution in [2.75, 3.05) is 53.4 Å². The first-order valence-electron chi connectivity index (χ1n) is 8.25. The molecule has 5 heteroatoms. The van der Waals surface area contributed by atoms with Crippen molar-refractivity contribution in [1.29, 1.82) is 0 Å². The molecule has 0 aromatic rings. The topological polar surface area (TPSA) is 47.6 Å². The lowest BCUT2D eigenvalue weighted by Gasteiger charge is -2.43. The summed E-state index contributed by atoms with van der Waals surface area (Å²) in [4.78, 5) is 16.6. The SMILES string of the molecule is CCN1CCC(CNC(=O)NCC(C)C)(CN(C)C)CC1. The van der Waals surface area contributed by atoms with Gasteiger partial charge in [-0.15, -0.1) is 0 Å². The van der Waals surface area contributed by atoms with Gasteiger partial charge >= 0.3 is 6.03 Å². The van der Waals surface area contributed by atoms with Crippen molar-refractivity contribution in [3.05, 3.63) is 0 Å². The van der Waals surface area contributed by atoms with Crippen molar-refractivity contribution in [3.63, 3.8) is 0 Å². The fourth-order valence-electron chi connectivity index (χ4n) is 3.03. The fraction of sp³-hybridized carbons (Fsp3) is 0.938. The third-order valence-electron chi connectivity index (χ3n) is 4.31. The summed E-state index contributed by atoms with van der Waals surface area (Å²) < 4.78 is 0. The van der Waals surface area contributed by atoms with Crippen LogP contribution in [0.3, 0.4) is 0 Å². The van der Waals surface area contributed by atoms with Gasteiger partial charge in [-0.1, -0.05) is 20.8 Å². The lowest BCUT2D eigenvalue weighted by molar-refractivity contribution is 0.0804. The minimum atomic E-state index is -0.0280. The molecule has 0 bridgehead atoms. The molecular weight excluding hydrogens is 264 g/mol. The summed E-state index contributed by atoms with van der Waals surface area (Å²) in [6.07, 6.45) is 2.31. The molecule has 1 aliphatic rings. The highest BCUT2D eigenvalue weighted by atomic mass is 16.2. The summed E-state index contributed by atoms with van der Waals surface area (Å²) in [6.45, 7) is 12.4. The Morgan fingerprint density at radius 1 is 1.24 bits per heavy atom. The molecule has 21 heavy (non-hydrogen) atoms. The van der Waals surface area contributed by atoms with Gasteiger partial charge in [0.2, 0.25) is 0 Å². The van der Waals surface area contributed by atoms with E-state index in [0.717, 1.165) is 52.1 Å². The number of piperidine rings is 1. The van der Waals surface area contributed by atoms with E-state index >= 15 is 0 Å². The highest BCUT2D eigenvalue weighted by molar-refractivity contribution is 5.73. The maximum absolute atomic E-state index is 11.9. The largest absolute Gasteiger partial charge is 0.338 e. The van der Waals surface area contributed by atoms with Crippen molar-refractivity contribution >= 4 is 6.03 Å². The van der Waals surface area contributed by atoms with E-state index in [9.17, 15) is 4.79 Å². The van der Waals surface area contributed by atoms with Gasteiger partial charge in [-0.25, -0.2) is 4.79 Å². The number of likely N-dealkylation sites (tertiary alicyclic amines) is 1. The Bertz CT molecular complexity index is 309. The van der Waals surface area contributed by atoms with Crippen LogP contribution in [-0.4, -0.2) is 69.2 Å². The Hall–Kier alpha value is -0.810. The highest BCUT2D eigenvalue weighted by Crippen LogP contribution is 2.31. The van der Waals surface area contributed by atoms with Gasteiger partial charge in [0.1, 0.15) is 0 Å². The van der Waals surface area contributed by atoms with E-state index < -0.39 is 0 Å². The van der Waals surface area contributed by atoms with Crippen LogP contribution in [0.5, 0.6) is 0 Å². The average molecular weight is 298 g/mol. The van der Waals surface area contributed by atoms with Crippen molar-refractivity contribution < 1.29 is 4.79 Å². The number of hydrogen-bond acceptors (Lipinski definition) is 3. The number of nitrogens with one attached hydrogen (secondary N) is 2. The first kappa shape index (κ1) is 18.2. The molecule has 2 N–H and O–H groups in total. The Labute approximate surface area is 130 Å². The van der Waals surface area contributed by atoms with E-state index in [0.29, 0.717) is 5.92 Å². The lowest BCUT2D eigenvalue weighted by Crippen LogP contribution is -2.52. The number of hydrogen-bond donors (Lipinski definition) is 2. The normalized spacial score (nSPS) is 19.0. The smallest absolute Gasteiger partial charge is 0.314 e. The van der Waals surface area contributed by atoms with Crippen molar-refractivity contribution in [2.24, 2.45) is 11.3 Å². The molecule has 0 spiro atoms. The van der Waals surface area contributed by atoms with E-state index in [1.807, 2.05) is 0 Å². The average Bonchev–Trinajstić information content (AvgIpc) is 2.43. The maximum atomic E-state index is 11.9. The molecule has 2 amide bonds. The van der Waals surface area contributed by atoms with Crippen LogP contribution >= 0.6 is 0 Å². The molecule has 0 radical (unpaired) electrons. The Kier molecular flexibility index (Phi) is 7.46. The summed E-state index contributed by atoms with van der Waals surface area (Å²) in [5.74, 6) is 0.485. The standard InChI is InChI=1S/C16H34N4O/c1-6-20-9-7-16(8-10-20,13-19(4)5)12-18-15(21)17-11-14(2)3/h14H,6-13H2,1-5H3,(H2,17,18,21). The zero-order chi connectivity index (χ0) is 15.9. The van der Waals surface area contributed by atoms with Gasteiger partial charge in [-0.3, -0.25) is 0 Å². The lowest BCUT2D eigenvalue weighted by atomic mass is 9.77. The molecule has 0 atom stereocenters. The van der Waals surface area contributed by atoms with Gasteiger partial charge in [0.15, 0.2) is 0 Å². The van der Waals surface area contributed by atoms with E-state index in [4.69, 9.17) is 0 Å².